The first-order chi connectivity index (χ1) is 32.7. The van der Waals surface area contributed by atoms with Crippen LogP contribution in [0.5, 0.6) is 0 Å². The molecule has 10 N–H and O–H groups in total. The summed E-state index contributed by atoms with van der Waals surface area (Å²) in [5, 5.41) is 112. The zero-order chi connectivity index (χ0) is 49.6. The van der Waals surface area contributed by atoms with Gasteiger partial charge in [0.25, 0.3) is 0 Å². The Morgan fingerprint density at radius 2 is 1.06 bits per heavy atom. The molecule has 5 heterocycles. The zero-order valence-electron chi connectivity index (χ0n) is 40.5. The second-order valence-electron chi connectivity index (χ2n) is 22.6. The van der Waals surface area contributed by atoms with Gasteiger partial charge >= 0.3 is 5.97 Å². The predicted octanol–water partition coefficient (Wildman–Crippen LogP) is -0.495. The lowest BCUT2D eigenvalue weighted by Gasteiger charge is -2.57. The highest BCUT2D eigenvalue weighted by atomic mass is 16.8. The lowest BCUT2D eigenvalue weighted by molar-refractivity contribution is -0.385. The predicted molar refractivity (Wildman–Crippen MR) is 236 cm³/mol. The second kappa shape index (κ2) is 20.3. The van der Waals surface area contributed by atoms with E-state index in [1.165, 1.54) is 20.8 Å². The summed E-state index contributed by atoms with van der Waals surface area (Å²) in [6.45, 7) is 10.4. The van der Waals surface area contributed by atoms with Gasteiger partial charge in [0.2, 0.25) is 0 Å². The molecule has 0 amide bonds. The van der Waals surface area contributed by atoms with Gasteiger partial charge < -0.3 is 93.7 Å². The van der Waals surface area contributed by atoms with Crippen LogP contribution in [0.25, 0.3) is 0 Å². The minimum absolute atomic E-state index is 0.0110. The van der Waals surface area contributed by atoms with E-state index in [1.807, 2.05) is 0 Å². The fraction of sp³-hybridized carbons (Fsp3) is 0.939. The van der Waals surface area contributed by atoms with E-state index in [1.54, 1.807) is 13.0 Å². The summed E-state index contributed by atoms with van der Waals surface area (Å²) in [6.07, 6.45) is -17.4. The van der Waals surface area contributed by atoms with Crippen LogP contribution in [0.1, 0.15) is 99.3 Å². The number of aliphatic hydroxyl groups is 10. The molecule has 5 aliphatic heterocycles. The monoisotopic (exact) mass is 987 g/mol. The molecule has 4 saturated carbocycles. The third-order valence-corrected chi connectivity index (χ3v) is 18.8. The molecule has 0 radical (unpaired) electrons. The molecule has 2 bridgehead atoms. The summed E-state index contributed by atoms with van der Waals surface area (Å²) in [5.74, 6) is 0.00504. The molecule has 0 aromatic carbocycles. The number of hydrogen-bond acceptors (Lipinski definition) is 20. The molecule has 0 spiro atoms. The molecule has 4 aliphatic carbocycles. The number of rotatable bonds is 10. The van der Waals surface area contributed by atoms with Gasteiger partial charge in [-0.25, -0.2) is 4.79 Å². The average Bonchev–Trinajstić information content (AvgIpc) is 3.73. The number of esters is 1. The Bertz CT molecular complexity index is 1830. The molecule has 29 unspecified atom stereocenters. The van der Waals surface area contributed by atoms with Crippen LogP contribution in [0.3, 0.4) is 0 Å². The summed E-state index contributed by atoms with van der Waals surface area (Å²) >= 11 is 0. The van der Waals surface area contributed by atoms with Gasteiger partial charge in [0.05, 0.1) is 55.3 Å². The van der Waals surface area contributed by atoms with Crippen molar-refractivity contribution in [3.05, 3.63) is 11.6 Å². The average molecular weight is 987 g/mol. The Morgan fingerprint density at radius 1 is 0.565 bits per heavy atom. The van der Waals surface area contributed by atoms with Crippen LogP contribution in [0.2, 0.25) is 0 Å². The number of hydrogen-bond donors (Lipinski definition) is 10. The van der Waals surface area contributed by atoms with Crippen molar-refractivity contribution in [3.63, 3.8) is 0 Å². The Kier molecular flexibility index (Phi) is 15.4. The van der Waals surface area contributed by atoms with E-state index in [4.69, 9.17) is 42.6 Å². The summed E-state index contributed by atoms with van der Waals surface area (Å²) in [5.41, 5.74) is 0.683. The fourth-order valence-electron chi connectivity index (χ4n) is 14.4. The Balaban J connectivity index is 0.836. The maximum absolute atomic E-state index is 12.1. The highest BCUT2D eigenvalue weighted by Crippen LogP contribution is 2.65. The molecule has 9 aliphatic rings. The molecule has 0 aromatic rings. The van der Waals surface area contributed by atoms with Crippen molar-refractivity contribution in [1.29, 1.82) is 0 Å². The molecule has 4 saturated heterocycles. The van der Waals surface area contributed by atoms with Gasteiger partial charge in [-0.3, -0.25) is 0 Å². The molecule has 394 valence electrons. The molecule has 29 atom stereocenters. The molecule has 69 heavy (non-hydrogen) atoms. The van der Waals surface area contributed by atoms with Crippen LogP contribution in [0, 0.1) is 46.3 Å². The van der Waals surface area contributed by atoms with Gasteiger partial charge in [0, 0.05) is 11.5 Å². The number of cyclic esters (lactones) is 1. The van der Waals surface area contributed by atoms with Gasteiger partial charge in [-0.1, -0.05) is 13.8 Å². The van der Waals surface area contributed by atoms with Crippen LogP contribution in [0.15, 0.2) is 11.6 Å². The molecule has 20 nitrogen and oxygen atoms in total. The number of carbonyl (C=O) groups is 1. The molecular formula is C49H78O20. The van der Waals surface area contributed by atoms with E-state index in [2.05, 4.69) is 13.8 Å². The molecule has 20 heteroatoms. The second-order valence-corrected chi connectivity index (χ2v) is 22.6. The van der Waals surface area contributed by atoms with Crippen molar-refractivity contribution < 1.29 is 98.5 Å². The maximum Gasteiger partial charge on any atom is 0.331 e. The van der Waals surface area contributed by atoms with E-state index in [0.717, 1.165) is 56.9 Å². The number of carbonyl (C=O) groups excluding carboxylic acids is 1. The van der Waals surface area contributed by atoms with Crippen molar-refractivity contribution in [2.24, 2.45) is 46.3 Å². The minimum Gasteiger partial charge on any atom is -0.458 e. The van der Waals surface area contributed by atoms with Gasteiger partial charge in [0.1, 0.15) is 67.6 Å². The standard InChI is InChI=1S/C49H78O20/c1-19-32(52)36(56)28(17-50)44(62-19)67-40-33(53)21(3)64-46(38(40)58)69-42-35(55)22(4)65-47(39(42)59)68-41-34(54)20(2)63-45(37(41)57)66-25-11-13-48(5)24(16-25)7-8-26-27-9-10-29(23-15-31(51)61-18-23)49(6,43(27)60)14-12-30(26)48/h15,19-22,24-30,32-47,50,52-60H,7-14,16-18H2,1-6H3. The summed E-state index contributed by atoms with van der Waals surface area (Å²) in [4.78, 5) is 12.1. The fourth-order valence-corrected chi connectivity index (χ4v) is 14.4. The Morgan fingerprint density at radius 3 is 1.59 bits per heavy atom. The van der Waals surface area contributed by atoms with E-state index in [-0.39, 0.29) is 34.7 Å². The van der Waals surface area contributed by atoms with E-state index >= 15 is 0 Å². The van der Waals surface area contributed by atoms with Crippen molar-refractivity contribution in [2.75, 3.05) is 13.2 Å². The normalized spacial score (nSPS) is 55.8. The van der Waals surface area contributed by atoms with Crippen LogP contribution in [-0.4, -0.2) is 199 Å². The molecule has 9 rings (SSSR count). The van der Waals surface area contributed by atoms with Gasteiger partial charge in [0.15, 0.2) is 25.2 Å². The number of ether oxygens (including phenoxy) is 9. The van der Waals surface area contributed by atoms with Crippen LogP contribution >= 0.6 is 0 Å². The number of aliphatic hydroxyl groups excluding tert-OH is 10. The summed E-state index contributed by atoms with van der Waals surface area (Å²) in [7, 11) is 0. The van der Waals surface area contributed by atoms with Crippen molar-refractivity contribution >= 4 is 5.97 Å². The smallest absolute Gasteiger partial charge is 0.331 e. The van der Waals surface area contributed by atoms with E-state index in [0.29, 0.717) is 30.8 Å². The minimum atomic E-state index is -1.79. The highest BCUT2D eigenvalue weighted by Gasteiger charge is 2.61. The van der Waals surface area contributed by atoms with Crippen LogP contribution in [0.4, 0.5) is 0 Å². The van der Waals surface area contributed by atoms with E-state index in [9.17, 15) is 55.9 Å². The summed E-state index contributed by atoms with van der Waals surface area (Å²) < 4.78 is 53.5. The van der Waals surface area contributed by atoms with E-state index < -0.39 is 135 Å². The Labute approximate surface area is 403 Å². The third kappa shape index (κ3) is 9.40. The summed E-state index contributed by atoms with van der Waals surface area (Å²) in [6, 6.07) is 0. The van der Waals surface area contributed by atoms with Gasteiger partial charge in [-0.2, -0.15) is 0 Å². The number of fused-ring (bicyclic) bond motifs is 6. The maximum atomic E-state index is 12.1. The quantitative estimate of drug-likeness (QED) is 0.0975. The zero-order valence-corrected chi connectivity index (χ0v) is 40.5. The SMILES string of the molecule is CC1OC(OC2C(O)C(C)OC(OC3C(O)C(C)OC(OC4C(O)C(C)OC(OC5CCC6(C)C(CCC7C8CCC(C9=CC(=O)OC9)C(C)(CCC76)C8O)C5)C4O)C3O)C2O)C(CO)C(O)C1O. The Hall–Kier alpha value is -1.51. The first-order valence-corrected chi connectivity index (χ1v) is 25.5. The van der Waals surface area contributed by atoms with Gasteiger partial charge in [-0.05, 0) is 126 Å². The topological polar surface area (TPSA) is 302 Å². The first kappa shape index (κ1) is 52.4. The van der Waals surface area contributed by atoms with Crippen molar-refractivity contribution in [3.8, 4) is 0 Å². The van der Waals surface area contributed by atoms with Crippen LogP contribution in [-0.2, 0) is 47.4 Å². The molecule has 8 fully saturated rings. The highest BCUT2D eigenvalue weighted by molar-refractivity contribution is 5.85. The molecule has 0 aromatic heterocycles. The van der Waals surface area contributed by atoms with Crippen molar-refractivity contribution in [1.82, 2.24) is 0 Å². The largest absolute Gasteiger partial charge is 0.458 e. The molecular weight excluding hydrogens is 909 g/mol. The lowest BCUT2D eigenvalue weighted by Crippen LogP contribution is -2.66. The van der Waals surface area contributed by atoms with Crippen molar-refractivity contribution in [2.45, 2.75) is 228 Å². The third-order valence-electron chi connectivity index (χ3n) is 18.8. The lowest BCUT2D eigenvalue weighted by atomic mass is 9.49. The van der Waals surface area contributed by atoms with Crippen LogP contribution < -0.4 is 0 Å². The van der Waals surface area contributed by atoms with Gasteiger partial charge in [-0.15, -0.1) is 0 Å². The first-order valence-electron chi connectivity index (χ1n) is 25.5.